The first-order valence-corrected chi connectivity index (χ1v) is 7.89. The number of amides is 1. The summed E-state index contributed by atoms with van der Waals surface area (Å²) in [5.41, 5.74) is 3.87. The number of rotatable bonds is 2. The van der Waals surface area contributed by atoms with Crippen LogP contribution in [0.25, 0.3) is 0 Å². The zero-order valence-electron chi connectivity index (χ0n) is 11.8. The number of carbonyl (C=O) groups excluding carboxylic acids is 1. The molecule has 1 aliphatic rings. The van der Waals surface area contributed by atoms with Crippen LogP contribution >= 0.6 is 15.9 Å². The monoisotopic (exact) mass is 345 g/mol. The minimum absolute atomic E-state index is 0.0685. The Hall–Kier alpha value is -1.75. The maximum absolute atomic E-state index is 12.7. The number of hydrogen-bond acceptors (Lipinski definition) is 3. The zero-order valence-corrected chi connectivity index (χ0v) is 13.4. The van der Waals surface area contributed by atoms with E-state index in [4.69, 9.17) is 0 Å². The van der Waals surface area contributed by atoms with E-state index < -0.39 is 0 Å². The van der Waals surface area contributed by atoms with E-state index in [1.807, 2.05) is 4.90 Å². The maximum Gasteiger partial charge on any atom is 0.278 e. The summed E-state index contributed by atoms with van der Waals surface area (Å²) in [4.78, 5) is 22.7. The summed E-state index contributed by atoms with van der Waals surface area (Å²) in [6.45, 7) is 2.85. The van der Waals surface area contributed by atoms with Crippen molar-refractivity contribution in [2.75, 3.05) is 11.4 Å². The minimum atomic E-state index is -0.0685. The molecule has 0 spiro atoms. The molecule has 1 amide bonds. The van der Waals surface area contributed by atoms with Crippen LogP contribution in [0.4, 0.5) is 5.69 Å². The highest BCUT2D eigenvalue weighted by Crippen LogP contribution is 2.34. The molecule has 0 unspecified atom stereocenters. The summed E-state index contributed by atoms with van der Waals surface area (Å²) in [5.74, 6) is -0.0685. The average Bonchev–Trinajstić information content (AvgIpc) is 2.53. The largest absolute Gasteiger partial charge is 0.306 e. The Morgan fingerprint density at radius 2 is 2.24 bits per heavy atom. The molecule has 0 saturated heterocycles. The SMILES string of the molecule is CCc1cc(Br)cc2c1N(C(=O)c1cnccn1)CCC2. The number of nitrogens with zero attached hydrogens (tertiary/aromatic N) is 3. The second kappa shape index (κ2) is 5.93. The molecule has 21 heavy (non-hydrogen) atoms. The lowest BCUT2D eigenvalue weighted by Gasteiger charge is -2.31. The third kappa shape index (κ3) is 2.70. The molecule has 0 atom stereocenters. The molecule has 1 aliphatic heterocycles. The molecule has 5 heteroatoms. The van der Waals surface area contributed by atoms with Gasteiger partial charge in [0, 0.05) is 23.4 Å². The molecule has 4 nitrogen and oxygen atoms in total. The Bertz CT molecular complexity index is 655. The first kappa shape index (κ1) is 14.2. The van der Waals surface area contributed by atoms with Gasteiger partial charge in [0.2, 0.25) is 0 Å². The van der Waals surface area contributed by atoms with Gasteiger partial charge in [-0.15, -0.1) is 0 Å². The van der Waals surface area contributed by atoms with Crippen molar-refractivity contribution in [3.05, 3.63) is 52.0 Å². The number of anilines is 1. The number of hydrogen-bond donors (Lipinski definition) is 0. The fourth-order valence-electron chi connectivity index (χ4n) is 2.81. The highest BCUT2D eigenvalue weighted by molar-refractivity contribution is 9.10. The molecule has 3 rings (SSSR count). The number of carbonyl (C=O) groups is 1. The lowest BCUT2D eigenvalue weighted by atomic mass is 9.96. The third-order valence-corrected chi connectivity index (χ3v) is 4.20. The first-order chi connectivity index (χ1) is 10.2. The van der Waals surface area contributed by atoms with E-state index in [2.05, 4.69) is 45.0 Å². The van der Waals surface area contributed by atoms with Crippen LogP contribution in [0.5, 0.6) is 0 Å². The van der Waals surface area contributed by atoms with Crippen molar-refractivity contribution in [3.63, 3.8) is 0 Å². The lowest BCUT2D eigenvalue weighted by Crippen LogP contribution is -2.36. The van der Waals surface area contributed by atoms with Crippen LogP contribution in [0.2, 0.25) is 0 Å². The summed E-state index contributed by atoms with van der Waals surface area (Å²) in [6, 6.07) is 4.21. The standard InChI is InChI=1S/C16H16BrN3O/c1-2-11-8-13(17)9-12-4-3-7-20(15(11)12)16(21)14-10-18-5-6-19-14/h5-6,8-10H,2-4,7H2,1H3. The van der Waals surface area contributed by atoms with Crippen LogP contribution in [0.1, 0.15) is 35.0 Å². The predicted molar refractivity (Wildman–Crippen MR) is 85.5 cm³/mol. The summed E-state index contributed by atoms with van der Waals surface area (Å²) in [6.07, 6.45) is 7.54. The molecule has 0 aliphatic carbocycles. The Balaban J connectivity index is 2.06. The summed E-state index contributed by atoms with van der Waals surface area (Å²) < 4.78 is 1.08. The third-order valence-electron chi connectivity index (χ3n) is 3.74. The molecular formula is C16H16BrN3O. The Kier molecular flexibility index (Phi) is 4.01. The fourth-order valence-corrected chi connectivity index (χ4v) is 3.37. The molecule has 0 saturated carbocycles. The highest BCUT2D eigenvalue weighted by Gasteiger charge is 2.26. The highest BCUT2D eigenvalue weighted by atomic mass is 79.9. The van der Waals surface area contributed by atoms with Crippen LogP contribution in [-0.2, 0) is 12.8 Å². The number of aryl methyl sites for hydroxylation is 2. The summed E-state index contributed by atoms with van der Waals surface area (Å²) in [5, 5.41) is 0. The molecule has 1 aromatic heterocycles. The van der Waals surface area contributed by atoms with E-state index in [-0.39, 0.29) is 5.91 Å². The van der Waals surface area contributed by atoms with Crippen molar-refractivity contribution < 1.29 is 4.79 Å². The minimum Gasteiger partial charge on any atom is -0.306 e. The second-order valence-electron chi connectivity index (χ2n) is 5.08. The van der Waals surface area contributed by atoms with Gasteiger partial charge in [0.05, 0.1) is 11.9 Å². The average molecular weight is 346 g/mol. The second-order valence-corrected chi connectivity index (χ2v) is 5.99. The van der Waals surface area contributed by atoms with Gasteiger partial charge in [-0.1, -0.05) is 22.9 Å². The molecule has 2 aromatic rings. The van der Waals surface area contributed by atoms with E-state index >= 15 is 0 Å². The van der Waals surface area contributed by atoms with Crippen LogP contribution < -0.4 is 4.90 Å². The Morgan fingerprint density at radius 1 is 1.38 bits per heavy atom. The molecule has 0 fully saturated rings. The molecule has 0 radical (unpaired) electrons. The number of benzene rings is 1. The normalized spacial score (nSPS) is 13.9. The quantitative estimate of drug-likeness (QED) is 0.837. The molecule has 2 heterocycles. The zero-order chi connectivity index (χ0) is 14.8. The summed E-state index contributed by atoms with van der Waals surface area (Å²) in [7, 11) is 0. The number of halogens is 1. The summed E-state index contributed by atoms with van der Waals surface area (Å²) >= 11 is 3.56. The van der Waals surface area contributed by atoms with Crippen molar-refractivity contribution in [2.24, 2.45) is 0 Å². The van der Waals surface area contributed by atoms with Crippen molar-refractivity contribution in [3.8, 4) is 0 Å². The topological polar surface area (TPSA) is 46.1 Å². The van der Waals surface area contributed by atoms with E-state index in [1.54, 1.807) is 12.4 Å². The molecular weight excluding hydrogens is 330 g/mol. The van der Waals surface area contributed by atoms with Crippen molar-refractivity contribution in [1.82, 2.24) is 9.97 Å². The predicted octanol–water partition coefficient (Wildman–Crippen LogP) is 3.39. The fraction of sp³-hybridized carbons (Fsp3) is 0.312. The van der Waals surface area contributed by atoms with Crippen LogP contribution in [0.3, 0.4) is 0 Å². The van der Waals surface area contributed by atoms with Gasteiger partial charge in [-0.3, -0.25) is 9.78 Å². The van der Waals surface area contributed by atoms with Gasteiger partial charge in [-0.05, 0) is 42.5 Å². The van der Waals surface area contributed by atoms with Gasteiger partial charge in [-0.25, -0.2) is 4.98 Å². The first-order valence-electron chi connectivity index (χ1n) is 7.10. The van der Waals surface area contributed by atoms with Crippen LogP contribution in [0, 0.1) is 0 Å². The number of fused-ring (bicyclic) bond motifs is 1. The van der Waals surface area contributed by atoms with E-state index in [9.17, 15) is 4.79 Å². The van der Waals surface area contributed by atoms with Crippen LogP contribution in [-0.4, -0.2) is 22.4 Å². The Labute approximate surface area is 132 Å². The smallest absolute Gasteiger partial charge is 0.278 e. The van der Waals surface area contributed by atoms with Gasteiger partial charge < -0.3 is 4.90 Å². The van der Waals surface area contributed by atoms with E-state index in [1.165, 1.54) is 17.3 Å². The lowest BCUT2D eigenvalue weighted by molar-refractivity contribution is 0.0979. The molecule has 0 bridgehead atoms. The van der Waals surface area contributed by atoms with E-state index in [0.29, 0.717) is 5.69 Å². The number of aromatic nitrogens is 2. The Morgan fingerprint density at radius 3 is 2.95 bits per heavy atom. The van der Waals surface area contributed by atoms with Gasteiger partial charge in [-0.2, -0.15) is 0 Å². The van der Waals surface area contributed by atoms with Crippen molar-refractivity contribution in [2.45, 2.75) is 26.2 Å². The van der Waals surface area contributed by atoms with Gasteiger partial charge in [0.25, 0.3) is 5.91 Å². The van der Waals surface area contributed by atoms with Gasteiger partial charge in [0.1, 0.15) is 5.69 Å². The van der Waals surface area contributed by atoms with Crippen LogP contribution in [0.15, 0.2) is 35.2 Å². The molecule has 108 valence electrons. The van der Waals surface area contributed by atoms with Crippen molar-refractivity contribution >= 4 is 27.5 Å². The van der Waals surface area contributed by atoms with Crippen molar-refractivity contribution in [1.29, 1.82) is 0 Å². The van der Waals surface area contributed by atoms with Gasteiger partial charge >= 0.3 is 0 Å². The molecule has 1 aromatic carbocycles. The maximum atomic E-state index is 12.7. The van der Waals surface area contributed by atoms with E-state index in [0.717, 1.165) is 36.0 Å². The molecule has 0 N–H and O–H groups in total. The van der Waals surface area contributed by atoms with Gasteiger partial charge in [0.15, 0.2) is 0 Å².